The van der Waals surface area contributed by atoms with Crippen LogP contribution in [0.5, 0.6) is 0 Å². The molecule has 2 N–H and O–H groups in total. The first-order valence-electron chi connectivity index (χ1n) is 6.51. The second-order valence-corrected chi connectivity index (χ2v) is 4.79. The lowest BCUT2D eigenvalue weighted by molar-refractivity contribution is -0.124. The van der Waals surface area contributed by atoms with Crippen molar-refractivity contribution in [2.75, 3.05) is 39.5 Å². The molecule has 106 valence electrons. The quantitative estimate of drug-likeness (QED) is 0.778. The van der Waals surface area contributed by atoms with E-state index in [0.29, 0.717) is 18.9 Å². The van der Waals surface area contributed by atoms with Crippen molar-refractivity contribution < 1.29 is 14.3 Å². The summed E-state index contributed by atoms with van der Waals surface area (Å²) in [6.45, 7) is 4.75. The number of nitrogens with one attached hydrogen (secondary N) is 2. The maximum Gasteiger partial charge on any atom is 0.222 e. The topological polar surface area (TPSA) is 59.6 Å². The van der Waals surface area contributed by atoms with Gasteiger partial charge in [0.25, 0.3) is 0 Å². The van der Waals surface area contributed by atoms with Crippen LogP contribution < -0.4 is 10.6 Å². The van der Waals surface area contributed by atoms with Crippen molar-refractivity contribution in [3.05, 3.63) is 0 Å². The Kier molecular flexibility index (Phi) is 7.58. The van der Waals surface area contributed by atoms with Gasteiger partial charge in [-0.15, -0.1) is 12.4 Å². The summed E-state index contributed by atoms with van der Waals surface area (Å²) < 4.78 is 10.9. The summed E-state index contributed by atoms with van der Waals surface area (Å²) in [6.07, 6.45) is 2.75. The molecule has 1 amide bonds. The highest BCUT2D eigenvalue weighted by Gasteiger charge is 2.19. The van der Waals surface area contributed by atoms with Crippen molar-refractivity contribution in [2.45, 2.75) is 25.4 Å². The van der Waals surface area contributed by atoms with Crippen LogP contribution in [0.25, 0.3) is 0 Å². The molecule has 2 rings (SSSR count). The van der Waals surface area contributed by atoms with Crippen molar-refractivity contribution in [3.63, 3.8) is 0 Å². The highest BCUT2D eigenvalue weighted by molar-refractivity contribution is 5.85. The number of hydrogen-bond donors (Lipinski definition) is 2. The largest absolute Gasteiger partial charge is 0.381 e. The fraction of sp³-hybridized carbons (Fsp3) is 0.917. The molecule has 0 saturated carbocycles. The normalized spacial score (nSPS) is 28.2. The number of ether oxygens (including phenoxy) is 2. The molecule has 2 fully saturated rings. The van der Waals surface area contributed by atoms with Crippen molar-refractivity contribution in [1.29, 1.82) is 0 Å². The Morgan fingerprint density at radius 3 is 2.94 bits per heavy atom. The Hall–Kier alpha value is -0.360. The van der Waals surface area contributed by atoms with E-state index in [4.69, 9.17) is 9.47 Å². The Labute approximate surface area is 114 Å². The average Bonchev–Trinajstić information content (AvgIpc) is 2.39. The van der Waals surface area contributed by atoms with E-state index < -0.39 is 0 Å². The van der Waals surface area contributed by atoms with E-state index in [1.165, 1.54) is 0 Å². The lowest BCUT2D eigenvalue weighted by Gasteiger charge is -2.25. The van der Waals surface area contributed by atoms with Gasteiger partial charge in [-0.3, -0.25) is 4.79 Å². The van der Waals surface area contributed by atoms with E-state index in [1.807, 2.05) is 0 Å². The molecule has 2 unspecified atom stereocenters. The predicted octanol–water partition coefficient (Wildman–Crippen LogP) is 0.330. The fourth-order valence-corrected chi connectivity index (χ4v) is 2.26. The highest BCUT2D eigenvalue weighted by atomic mass is 35.5. The molecule has 0 radical (unpaired) electrons. The average molecular weight is 279 g/mol. The van der Waals surface area contributed by atoms with E-state index in [9.17, 15) is 4.79 Å². The molecule has 0 aliphatic carbocycles. The number of amides is 1. The number of hydrogen-bond acceptors (Lipinski definition) is 4. The van der Waals surface area contributed by atoms with Gasteiger partial charge in [0.2, 0.25) is 5.91 Å². The van der Waals surface area contributed by atoms with Gasteiger partial charge in [0.15, 0.2) is 0 Å². The van der Waals surface area contributed by atoms with Crippen molar-refractivity contribution in [1.82, 2.24) is 10.6 Å². The third kappa shape index (κ3) is 5.52. The standard InChI is InChI=1S/C12H22N2O3.ClH/c15-12(6-11-8-13-3-5-17-11)14-7-10-2-1-4-16-9-10;/h10-11,13H,1-9H2,(H,14,15);1H. The van der Waals surface area contributed by atoms with Crippen molar-refractivity contribution in [2.24, 2.45) is 5.92 Å². The fourth-order valence-electron chi connectivity index (χ4n) is 2.26. The second kappa shape index (κ2) is 8.69. The van der Waals surface area contributed by atoms with Crippen LogP contribution in [-0.4, -0.2) is 51.5 Å². The van der Waals surface area contributed by atoms with Gasteiger partial charge in [-0.1, -0.05) is 0 Å². The Morgan fingerprint density at radius 1 is 1.39 bits per heavy atom. The summed E-state index contributed by atoms with van der Waals surface area (Å²) in [6, 6.07) is 0. The van der Waals surface area contributed by atoms with Gasteiger partial charge in [0.1, 0.15) is 0 Å². The molecule has 0 aromatic heterocycles. The summed E-state index contributed by atoms with van der Waals surface area (Å²) in [4.78, 5) is 11.7. The summed E-state index contributed by atoms with van der Waals surface area (Å²) >= 11 is 0. The second-order valence-electron chi connectivity index (χ2n) is 4.79. The lowest BCUT2D eigenvalue weighted by atomic mass is 10.0. The molecular weight excluding hydrogens is 256 g/mol. The number of carbonyl (C=O) groups excluding carboxylic acids is 1. The van der Waals surface area contributed by atoms with Crippen LogP contribution in [0.15, 0.2) is 0 Å². The molecule has 2 saturated heterocycles. The summed E-state index contributed by atoms with van der Waals surface area (Å²) in [5, 5.41) is 6.19. The zero-order valence-electron chi connectivity index (χ0n) is 10.7. The van der Waals surface area contributed by atoms with E-state index in [2.05, 4.69) is 10.6 Å². The molecule has 0 spiro atoms. The van der Waals surface area contributed by atoms with Crippen molar-refractivity contribution in [3.8, 4) is 0 Å². The van der Waals surface area contributed by atoms with Crippen LogP contribution in [0.2, 0.25) is 0 Å². The predicted molar refractivity (Wildman–Crippen MR) is 71.0 cm³/mol. The van der Waals surface area contributed by atoms with E-state index >= 15 is 0 Å². The zero-order chi connectivity index (χ0) is 11.9. The zero-order valence-corrected chi connectivity index (χ0v) is 11.5. The molecule has 0 aromatic carbocycles. The first kappa shape index (κ1) is 15.7. The van der Waals surface area contributed by atoms with Crippen LogP contribution in [0, 0.1) is 5.92 Å². The number of carbonyl (C=O) groups is 1. The summed E-state index contributed by atoms with van der Waals surface area (Å²) in [7, 11) is 0. The van der Waals surface area contributed by atoms with Gasteiger partial charge in [0.05, 0.1) is 25.7 Å². The maximum atomic E-state index is 11.7. The first-order chi connectivity index (χ1) is 8.34. The monoisotopic (exact) mass is 278 g/mol. The van der Waals surface area contributed by atoms with Crippen LogP contribution in [0.3, 0.4) is 0 Å². The molecule has 0 aromatic rings. The smallest absolute Gasteiger partial charge is 0.222 e. The molecule has 2 aliphatic rings. The third-order valence-electron chi connectivity index (χ3n) is 3.26. The molecule has 2 atom stereocenters. The first-order valence-corrected chi connectivity index (χ1v) is 6.51. The molecule has 2 aliphatic heterocycles. The summed E-state index contributed by atoms with van der Waals surface area (Å²) in [5.74, 6) is 0.572. The summed E-state index contributed by atoms with van der Waals surface area (Å²) in [5.41, 5.74) is 0. The SMILES string of the molecule is Cl.O=C(CC1CNCCO1)NCC1CCCOC1. The van der Waals surface area contributed by atoms with Gasteiger partial charge in [-0.05, 0) is 18.8 Å². The molecule has 18 heavy (non-hydrogen) atoms. The van der Waals surface area contributed by atoms with Crippen LogP contribution >= 0.6 is 12.4 Å². The van der Waals surface area contributed by atoms with Crippen LogP contribution in [0.1, 0.15) is 19.3 Å². The lowest BCUT2D eigenvalue weighted by Crippen LogP contribution is -2.42. The van der Waals surface area contributed by atoms with Crippen LogP contribution in [-0.2, 0) is 14.3 Å². The van der Waals surface area contributed by atoms with Gasteiger partial charge >= 0.3 is 0 Å². The minimum atomic E-state index is 0. The van der Waals surface area contributed by atoms with E-state index in [0.717, 1.165) is 45.7 Å². The third-order valence-corrected chi connectivity index (χ3v) is 3.26. The molecule has 6 heteroatoms. The maximum absolute atomic E-state index is 11.7. The minimum absolute atomic E-state index is 0. The molecule has 2 heterocycles. The number of rotatable bonds is 4. The van der Waals surface area contributed by atoms with Gasteiger partial charge in [0, 0.05) is 26.2 Å². The Morgan fingerprint density at radius 2 is 2.28 bits per heavy atom. The van der Waals surface area contributed by atoms with Crippen LogP contribution in [0.4, 0.5) is 0 Å². The number of morpholine rings is 1. The Balaban J connectivity index is 0.00000162. The molecule has 0 bridgehead atoms. The van der Waals surface area contributed by atoms with Gasteiger partial charge < -0.3 is 20.1 Å². The Bertz CT molecular complexity index is 241. The number of halogens is 1. The molecule has 5 nitrogen and oxygen atoms in total. The minimum Gasteiger partial charge on any atom is -0.381 e. The molecular formula is C12H23ClN2O3. The van der Waals surface area contributed by atoms with Gasteiger partial charge in [-0.2, -0.15) is 0 Å². The van der Waals surface area contributed by atoms with Gasteiger partial charge in [-0.25, -0.2) is 0 Å². The highest BCUT2D eigenvalue weighted by Crippen LogP contribution is 2.12. The van der Waals surface area contributed by atoms with E-state index in [1.54, 1.807) is 0 Å². The van der Waals surface area contributed by atoms with E-state index in [-0.39, 0.29) is 24.4 Å². The van der Waals surface area contributed by atoms with Crippen molar-refractivity contribution >= 4 is 18.3 Å².